The summed E-state index contributed by atoms with van der Waals surface area (Å²) in [5.74, 6) is 0.563. The lowest BCUT2D eigenvalue weighted by Gasteiger charge is -2.20. The van der Waals surface area contributed by atoms with Crippen molar-refractivity contribution in [3.05, 3.63) is 52.8 Å². The van der Waals surface area contributed by atoms with Crippen molar-refractivity contribution in [1.82, 2.24) is 9.88 Å². The highest BCUT2D eigenvalue weighted by Crippen LogP contribution is 2.25. The standard InChI is InChI=1S/C20H25N3O3/c1-6-18(24)22-16-9-7-8-15(10-16)20(25)23(4)12-17-14(3)19(26-5)13(2)11-21-17/h7-11H,6,12H2,1-5H3,(H,22,24). The van der Waals surface area contributed by atoms with Gasteiger partial charge in [0.25, 0.3) is 5.91 Å². The van der Waals surface area contributed by atoms with Gasteiger partial charge in [-0.05, 0) is 32.0 Å². The van der Waals surface area contributed by atoms with Crippen LogP contribution in [-0.4, -0.2) is 35.9 Å². The molecule has 0 bridgehead atoms. The summed E-state index contributed by atoms with van der Waals surface area (Å²) in [6.07, 6.45) is 2.14. The van der Waals surface area contributed by atoms with Gasteiger partial charge in [0.05, 0.1) is 19.3 Å². The average Bonchev–Trinajstić information content (AvgIpc) is 2.63. The number of aryl methyl sites for hydroxylation is 1. The van der Waals surface area contributed by atoms with Crippen LogP contribution >= 0.6 is 0 Å². The number of nitrogens with zero attached hydrogens (tertiary/aromatic N) is 2. The van der Waals surface area contributed by atoms with E-state index in [2.05, 4.69) is 10.3 Å². The maximum atomic E-state index is 12.7. The number of aromatic nitrogens is 1. The first-order valence-electron chi connectivity index (χ1n) is 8.51. The Hall–Kier alpha value is -2.89. The molecule has 1 N–H and O–H groups in total. The Kier molecular flexibility index (Phi) is 6.33. The molecule has 0 saturated heterocycles. The lowest BCUT2D eigenvalue weighted by Crippen LogP contribution is -2.27. The van der Waals surface area contributed by atoms with Crippen LogP contribution in [-0.2, 0) is 11.3 Å². The highest BCUT2D eigenvalue weighted by molar-refractivity contribution is 5.97. The third-order valence-corrected chi connectivity index (χ3v) is 4.20. The van der Waals surface area contributed by atoms with E-state index in [1.54, 1.807) is 56.4 Å². The summed E-state index contributed by atoms with van der Waals surface area (Å²) in [7, 11) is 3.36. The summed E-state index contributed by atoms with van der Waals surface area (Å²) in [4.78, 5) is 30.3. The first-order chi connectivity index (χ1) is 12.4. The second-order valence-electron chi connectivity index (χ2n) is 6.19. The molecule has 1 heterocycles. The Morgan fingerprint density at radius 3 is 2.65 bits per heavy atom. The summed E-state index contributed by atoms with van der Waals surface area (Å²) in [5, 5.41) is 2.77. The normalized spacial score (nSPS) is 10.3. The molecule has 0 saturated carbocycles. The van der Waals surface area contributed by atoms with Crippen LogP contribution in [0.25, 0.3) is 0 Å². The van der Waals surface area contributed by atoms with Crippen LogP contribution in [0.1, 0.15) is 40.5 Å². The number of nitrogens with one attached hydrogen (secondary N) is 1. The number of anilines is 1. The number of amides is 2. The second kappa shape index (κ2) is 8.47. The first kappa shape index (κ1) is 19.4. The van der Waals surface area contributed by atoms with Gasteiger partial charge in [-0.15, -0.1) is 0 Å². The van der Waals surface area contributed by atoms with Crippen LogP contribution in [0.2, 0.25) is 0 Å². The molecule has 2 aromatic rings. The Balaban J connectivity index is 2.18. The van der Waals surface area contributed by atoms with Gasteiger partial charge in [0, 0.05) is 42.0 Å². The van der Waals surface area contributed by atoms with Crippen molar-refractivity contribution in [3.63, 3.8) is 0 Å². The van der Waals surface area contributed by atoms with Crippen molar-refractivity contribution < 1.29 is 14.3 Å². The fourth-order valence-electron chi connectivity index (χ4n) is 2.73. The van der Waals surface area contributed by atoms with Gasteiger partial charge in [0.2, 0.25) is 5.91 Å². The summed E-state index contributed by atoms with van der Waals surface area (Å²) in [6.45, 7) is 6.02. The molecule has 2 amide bonds. The minimum Gasteiger partial charge on any atom is -0.496 e. The summed E-state index contributed by atoms with van der Waals surface area (Å²) in [5.41, 5.74) is 3.80. The van der Waals surface area contributed by atoms with Crippen LogP contribution in [0, 0.1) is 13.8 Å². The fraction of sp³-hybridized carbons (Fsp3) is 0.350. The van der Waals surface area contributed by atoms with Crippen molar-refractivity contribution in [3.8, 4) is 5.75 Å². The summed E-state index contributed by atoms with van der Waals surface area (Å²) < 4.78 is 5.42. The summed E-state index contributed by atoms with van der Waals surface area (Å²) in [6, 6.07) is 6.94. The van der Waals surface area contributed by atoms with E-state index in [4.69, 9.17) is 4.74 Å². The molecular weight excluding hydrogens is 330 g/mol. The van der Waals surface area contributed by atoms with Gasteiger partial charge >= 0.3 is 0 Å². The Morgan fingerprint density at radius 2 is 2.00 bits per heavy atom. The van der Waals surface area contributed by atoms with Gasteiger partial charge in [-0.2, -0.15) is 0 Å². The molecule has 0 aliphatic carbocycles. The molecule has 0 atom stereocenters. The van der Waals surface area contributed by atoms with Crippen molar-refractivity contribution in [2.75, 3.05) is 19.5 Å². The monoisotopic (exact) mass is 355 g/mol. The molecule has 0 aliphatic rings. The Bertz CT molecular complexity index is 818. The van der Waals surface area contributed by atoms with Crippen LogP contribution < -0.4 is 10.1 Å². The number of methoxy groups -OCH3 is 1. The zero-order valence-corrected chi connectivity index (χ0v) is 15.9. The van der Waals surface area contributed by atoms with E-state index in [9.17, 15) is 9.59 Å². The molecule has 6 heteroatoms. The lowest BCUT2D eigenvalue weighted by atomic mass is 10.1. The molecule has 1 aromatic heterocycles. The molecule has 2 rings (SSSR count). The number of ether oxygens (including phenoxy) is 1. The van der Waals surface area contributed by atoms with E-state index in [1.165, 1.54) is 0 Å². The predicted molar refractivity (Wildman–Crippen MR) is 101 cm³/mol. The Labute approximate surface area is 154 Å². The van der Waals surface area contributed by atoms with E-state index in [0.29, 0.717) is 24.2 Å². The highest BCUT2D eigenvalue weighted by Gasteiger charge is 2.16. The number of pyridine rings is 1. The van der Waals surface area contributed by atoms with E-state index in [-0.39, 0.29) is 11.8 Å². The second-order valence-corrected chi connectivity index (χ2v) is 6.19. The minimum atomic E-state index is -0.140. The molecular formula is C20H25N3O3. The molecule has 0 unspecified atom stereocenters. The number of hydrogen-bond donors (Lipinski definition) is 1. The van der Waals surface area contributed by atoms with E-state index < -0.39 is 0 Å². The average molecular weight is 355 g/mol. The van der Waals surface area contributed by atoms with Crippen LogP contribution in [0.3, 0.4) is 0 Å². The van der Waals surface area contributed by atoms with Crippen molar-refractivity contribution in [2.45, 2.75) is 33.7 Å². The first-order valence-corrected chi connectivity index (χ1v) is 8.51. The maximum Gasteiger partial charge on any atom is 0.254 e. The number of hydrogen-bond acceptors (Lipinski definition) is 4. The highest BCUT2D eigenvalue weighted by atomic mass is 16.5. The number of carbonyl (C=O) groups excluding carboxylic acids is 2. The maximum absolute atomic E-state index is 12.7. The number of rotatable bonds is 6. The molecule has 0 aliphatic heterocycles. The molecule has 6 nitrogen and oxygen atoms in total. The van der Waals surface area contributed by atoms with Crippen molar-refractivity contribution in [2.24, 2.45) is 0 Å². The third-order valence-electron chi connectivity index (χ3n) is 4.20. The quantitative estimate of drug-likeness (QED) is 0.863. The molecule has 1 aromatic carbocycles. The van der Waals surface area contributed by atoms with Crippen molar-refractivity contribution in [1.29, 1.82) is 0 Å². The van der Waals surface area contributed by atoms with E-state index >= 15 is 0 Å². The van der Waals surface area contributed by atoms with Gasteiger partial charge in [0.15, 0.2) is 0 Å². The van der Waals surface area contributed by atoms with E-state index in [1.807, 2.05) is 13.8 Å². The van der Waals surface area contributed by atoms with Crippen molar-refractivity contribution >= 4 is 17.5 Å². The van der Waals surface area contributed by atoms with Crippen LogP contribution in [0.15, 0.2) is 30.5 Å². The zero-order chi connectivity index (χ0) is 19.3. The fourth-order valence-corrected chi connectivity index (χ4v) is 2.73. The SMILES string of the molecule is CCC(=O)Nc1cccc(C(=O)N(C)Cc2ncc(C)c(OC)c2C)c1. The van der Waals surface area contributed by atoms with Gasteiger partial charge in [-0.1, -0.05) is 13.0 Å². The lowest BCUT2D eigenvalue weighted by molar-refractivity contribution is -0.115. The molecule has 0 radical (unpaired) electrons. The van der Waals surface area contributed by atoms with Crippen LogP contribution in [0.4, 0.5) is 5.69 Å². The van der Waals surface area contributed by atoms with Gasteiger partial charge in [-0.3, -0.25) is 14.6 Å². The largest absolute Gasteiger partial charge is 0.496 e. The number of benzene rings is 1. The van der Waals surface area contributed by atoms with E-state index in [0.717, 1.165) is 22.6 Å². The van der Waals surface area contributed by atoms with Gasteiger partial charge < -0.3 is 15.0 Å². The molecule has 26 heavy (non-hydrogen) atoms. The number of carbonyl (C=O) groups is 2. The predicted octanol–water partition coefficient (Wildman–Crippen LogP) is 3.33. The molecule has 0 spiro atoms. The topological polar surface area (TPSA) is 71.5 Å². The summed E-state index contributed by atoms with van der Waals surface area (Å²) >= 11 is 0. The zero-order valence-electron chi connectivity index (χ0n) is 15.9. The molecule has 0 fully saturated rings. The molecule has 138 valence electrons. The van der Waals surface area contributed by atoms with Gasteiger partial charge in [0.1, 0.15) is 5.75 Å². The van der Waals surface area contributed by atoms with Crippen LogP contribution in [0.5, 0.6) is 5.75 Å². The third kappa shape index (κ3) is 4.39. The smallest absolute Gasteiger partial charge is 0.254 e. The Morgan fingerprint density at radius 1 is 1.27 bits per heavy atom. The minimum absolute atomic E-state index is 0.0884. The van der Waals surface area contributed by atoms with Gasteiger partial charge in [-0.25, -0.2) is 0 Å².